The van der Waals surface area contributed by atoms with Crippen molar-refractivity contribution in [2.75, 3.05) is 13.1 Å². The Hall–Kier alpha value is -1.09. The lowest BCUT2D eigenvalue weighted by Crippen LogP contribution is -2.31. The second-order valence-electron chi connectivity index (χ2n) is 4.44. The van der Waals surface area contributed by atoms with Crippen LogP contribution in [0.3, 0.4) is 0 Å². The van der Waals surface area contributed by atoms with E-state index in [9.17, 15) is 4.39 Å². The molecule has 1 rings (SSSR count). The first-order valence-electron chi connectivity index (χ1n) is 5.71. The molecule has 0 aromatic heterocycles. The molecule has 0 saturated heterocycles. The molecule has 0 aliphatic rings. The van der Waals surface area contributed by atoms with Crippen molar-refractivity contribution in [2.24, 2.45) is 5.92 Å². The van der Waals surface area contributed by atoms with Gasteiger partial charge in [-0.25, -0.2) is 4.39 Å². The predicted molar refractivity (Wildman–Crippen MR) is 64.2 cm³/mol. The lowest BCUT2D eigenvalue weighted by Gasteiger charge is -2.16. The predicted octanol–water partition coefficient (Wildman–Crippen LogP) is 2.84. The Morgan fingerprint density at radius 1 is 1.25 bits per heavy atom. The van der Waals surface area contributed by atoms with Crippen LogP contribution in [0.4, 0.5) is 4.39 Å². The number of halogens is 1. The van der Waals surface area contributed by atoms with Crippen LogP contribution < -0.4 is 10.1 Å². The zero-order chi connectivity index (χ0) is 12.0. The van der Waals surface area contributed by atoms with Crippen molar-refractivity contribution in [2.45, 2.75) is 26.9 Å². The van der Waals surface area contributed by atoms with Gasteiger partial charge in [0, 0.05) is 12.6 Å². The van der Waals surface area contributed by atoms with Crippen LogP contribution in [0.2, 0.25) is 0 Å². The number of ether oxygens (including phenoxy) is 1. The summed E-state index contributed by atoms with van der Waals surface area (Å²) >= 11 is 0. The molecule has 90 valence electrons. The highest BCUT2D eigenvalue weighted by Gasteiger charge is 2.04. The highest BCUT2D eigenvalue weighted by atomic mass is 19.1. The standard InChI is InChI=1S/C13H20FNO/c1-10(2)8-15-9-11(3)16-13-6-4-5-12(14)7-13/h4-7,10-11,15H,8-9H2,1-3H3. The molecule has 1 aromatic rings. The first kappa shape index (κ1) is 13.0. The summed E-state index contributed by atoms with van der Waals surface area (Å²) in [5, 5.41) is 3.30. The molecular formula is C13H20FNO. The van der Waals surface area contributed by atoms with Crippen LogP contribution in [0.25, 0.3) is 0 Å². The topological polar surface area (TPSA) is 21.3 Å². The zero-order valence-electron chi connectivity index (χ0n) is 10.2. The first-order valence-corrected chi connectivity index (χ1v) is 5.71. The van der Waals surface area contributed by atoms with Crippen molar-refractivity contribution in [1.29, 1.82) is 0 Å². The van der Waals surface area contributed by atoms with E-state index in [0.29, 0.717) is 11.7 Å². The quantitative estimate of drug-likeness (QED) is 0.803. The fourth-order valence-electron chi connectivity index (χ4n) is 1.39. The summed E-state index contributed by atoms with van der Waals surface area (Å²) in [5.41, 5.74) is 0. The van der Waals surface area contributed by atoms with Gasteiger partial charge in [-0.1, -0.05) is 19.9 Å². The summed E-state index contributed by atoms with van der Waals surface area (Å²) in [7, 11) is 0. The number of hydrogen-bond donors (Lipinski definition) is 1. The maximum absolute atomic E-state index is 12.9. The first-order chi connectivity index (χ1) is 7.58. The third kappa shape index (κ3) is 5.12. The van der Waals surface area contributed by atoms with Crippen LogP contribution in [-0.2, 0) is 0 Å². The van der Waals surface area contributed by atoms with Gasteiger partial charge in [-0.15, -0.1) is 0 Å². The van der Waals surface area contributed by atoms with Gasteiger partial charge >= 0.3 is 0 Å². The van der Waals surface area contributed by atoms with E-state index in [1.165, 1.54) is 12.1 Å². The van der Waals surface area contributed by atoms with Crippen LogP contribution >= 0.6 is 0 Å². The van der Waals surface area contributed by atoms with Crippen molar-refractivity contribution in [3.63, 3.8) is 0 Å². The Balaban J connectivity index is 2.31. The maximum Gasteiger partial charge on any atom is 0.126 e. The van der Waals surface area contributed by atoms with Crippen LogP contribution in [0, 0.1) is 11.7 Å². The molecule has 2 nitrogen and oxygen atoms in total. The number of nitrogens with one attached hydrogen (secondary N) is 1. The highest BCUT2D eigenvalue weighted by molar-refractivity contribution is 5.22. The Bertz CT molecular complexity index is 315. The molecule has 0 aliphatic heterocycles. The molecule has 1 aromatic carbocycles. The van der Waals surface area contributed by atoms with Crippen molar-refractivity contribution in [1.82, 2.24) is 5.32 Å². The Kier molecular flexibility index (Phi) is 5.26. The molecule has 0 aliphatic carbocycles. The van der Waals surface area contributed by atoms with Gasteiger partial charge in [0.25, 0.3) is 0 Å². The summed E-state index contributed by atoms with van der Waals surface area (Å²) in [6.07, 6.45) is 0.0422. The molecule has 3 heteroatoms. The Morgan fingerprint density at radius 3 is 2.62 bits per heavy atom. The van der Waals surface area contributed by atoms with E-state index in [4.69, 9.17) is 4.74 Å². The van der Waals surface area contributed by atoms with Crippen LogP contribution in [0.15, 0.2) is 24.3 Å². The average molecular weight is 225 g/mol. The molecule has 0 fully saturated rings. The summed E-state index contributed by atoms with van der Waals surface area (Å²) in [6.45, 7) is 8.03. The second kappa shape index (κ2) is 6.48. The molecular weight excluding hydrogens is 205 g/mol. The van der Waals surface area contributed by atoms with Crippen molar-refractivity contribution in [3.8, 4) is 5.75 Å². The SMILES string of the molecule is CC(C)CNCC(C)Oc1cccc(F)c1. The Labute approximate surface area is 96.8 Å². The summed E-state index contributed by atoms with van der Waals surface area (Å²) < 4.78 is 18.5. The summed E-state index contributed by atoms with van der Waals surface area (Å²) in [6, 6.07) is 6.23. The van der Waals surface area contributed by atoms with Crippen molar-refractivity contribution < 1.29 is 9.13 Å². The van der Waals surface area contributed by atoms with E-state index in [2.05, 4.69) is 19.2 Å². The van der Waals surface area contributed by atoms with E-state index >= 15 is 0 Å². The fourth-order valence-corrected chi connectivity index (χ4v) is 1.39. The van der Waals surface area contributed by atoms with Gasteiger partial charge in [-0.2, -0.15) is 0 Å². The van der Waals surface area contributed by atoms with E-state index in [1.807, 2.05) is 6.92 Å². The monoisotopic (exact) mass is 225 g/mol. The van der Waals surface area contributed by atoms with Crippen LogP contribution in [-0.4, -0.2) is 19.2 Å². The Morgan fingerprint density at radius 2 is 2.00 bits per heavy atom. The van der Waals surface area contributed by atoms with Crippen LogP contribution in [0.1, 0.15) is 20.8 Å². The molecule has 16 heavy (non-hydrogen) atoms. The van der Waals surface area contributed by atoms with Gasteiger partial charge in [0.2, 0.25) is 0 Å². The molecule has 0 spiro atoms. The van der Waals surface area contributed by atoms with Crippen molar-refractivity contribution in [3.05, 3.63) is 30.1 Å². The van der Waals surface area contributed by atoms with Gasteiger partial charge in [-0.3, -0.25) is 0 Å². The number of rotatable bonds is 6. The van der Waals surface area contributed by atoms with Gasteiger partial charge in [0.15, 0.2) is 0 Å². The van der Waals surface area contributed by atoms with Crippen molar-refractivity contribution >= 4 is 0 Å². The zero-order valence-corrected chi connectivity index (χ0v) is 10.2. The fraction of sp³-hybridized carbons (Fsp3) is 0.538. The molecule has 1 unspecified atom stereocenters. The van der Waals surface area contributed by atoms with Gasteiger partial charge in [0.05, 0.1) is 0 Å². The minimum atomic E-state index is -0.264. The lowest BCUT2D eigenvalue weighted by atomic mass is 10.2. The van der Waals surface area contributed by atoms with Gasteiger partial charge in [-0.05, 0) is 31.5 Å². The van der Waals surface area contributed by atoms with Crippen LogP contribution in [0.5, 0.6) is 5.75 Å². The number of benzene rings is 1. The molecule has 0 amide bonds. The third-order valence-electron chi connectivity index (χ3n) is 2.12. The molecule has 0 radical (unpaired) electrons. The molecule has 1 N–H and O–H groups in total. The van der Waals surface area contributed by atoms with Gasteiger partial charge < -0.3 is 10.1 Å². The molecule has 0 saturated carbocycles. The van der Waals surface area contributed by atoms with E-state index in [0.717, 1.165) is 13.1 Å². The maximum atomic E-state index is 12.9. The second-order valence-corrected chi connectivity index (χ2v) is 4.44. The normalized spacial score (nSPS) is 12.8. The van der Waals surface area contributed by atoms with E-state index in [-0.39, 0.29) is 11.9 Å². The van der Waals surface area contributed by atoms with E-state index in [1.54, 1.807) is 12.1 Å². The molecule has 1 atom stereocenters. The summed E-state index contributed by atoms with van der Waals surface area (Å²) in [5.74, 6) is 0.944. The minimum Gasteiger partial charge on any atom is -0.489 e. The lowest BCUT2D eigenvalue weighted by molar-refractivity contribution is 0.215. The smallest absolute Gasteiger partial charge is 0.126 e. The molecule has 0 heterocycles. The van der Waals surface area contributed by atoms with E-state index < -0.39 is 0 Å². The largest absolute Gasteiger partial charge is 0.489 e. The third-order valence-corrected chi connectivity index (χ3v) is 2.12. The minimum absolute atomic E-state index is 0.0422. The van der Waals surface area contributed by atoms with Gasteiger partial charge in [0.1, 0.15) is 17.7 Å². The summed E-state index contributed by atoms with van der Waals surface area (Å²) in [4.78, 5) is 0. The molecule has 0 bridgehead atoms. The average Bonchev–Trinajstić information content (AvgIpc) is 2.16. The number of hydrogen-bond acceptors (Lipinski definition) is 2. The highest BCUT2D eigenvalue weighted by Crippen LogP contribution is 2.13.